The van der Waals surface area contributed by atoms with Crippen LogP contribution in [0.25, 0.3) is 0 Å². The molecular formula is C13H25NO2. The monoisotopic (exact) mass is 227 g/mol. The van der Waals surface area contributed by atoms with Gasteiger partial charge >= 0.3 is 0 Å². The Hall–Kier alpha value is -0.410. The molecule has 0 saturated heterocycles. The molecule has 1 fully saturated rings. The van der Waals surface area contributed by atoms with Gasteiger partial charge in [-0.15, -0.1) is 0 Å². The van der Waals surface area contributed by atoms with Crippen LogP contribution in [0.5, 0.6) is 0 Å². The normalized spacial score (nSPS) is 28.1. The van der Waals surface area contributed by atoms with Crippen LogP contribution in [-0.4, -0.2) is 41.5 Å². The third-order valence-corrected chi connectivity index (χ3v) is 3.83. The Morgan fingerprint density at radius 3 is 2.62 bits per heavy atom. The fraction of sp³-hybridized carbons (Fsp3) is 0.923. The third-order valence-electron chi connectivity index (χ3n) is 3.83. The Morgan fingerprint density at radius 1 is 1.44 bits per heavy atom. The van der Waals surface area contributed by atoms with Crippen LogP contribution in [0.3, 0.4) is 0 Å². The van der Waals surface area contributed by atoms with Gasteiger partial charge in [0.15, 0.2) is 0 Å². The van der Waals surface area contributed by atoms with Gasteiger partial charge in [0.2, 0.25) is 0 Å². The molecule has 0 spiro atoms. The highest BCUT2D eigenvalue weighted by Gasteiger charge is 2.28. The number of likely N-dealkylation sites (N-methyl/N-ethyl adjacent to an activating group) is 1. The summed E-state index contributed by atoms with van der Waals surface area (Å²) in [5.74, 6) is 0.436. The van der Waals surface area contributed by atoms with Gasteiger partial charge in [0.05, 0.1) is 12.6 Å². The van der Waals surface area contributed by atoms with Crippen molar-refractivity contribution in [2.24, 2.45) is 5.92 Å². The lowest BCUT2D eigenvalue weighted by atomic mass is 9.91. The highest BCUT2D eigenvalue weighted by atomic mass is 16.3. The predicted molar refractivity (Wildman–Crippen MR) is 65.4 cm³/mol. The van der Waals surface area contributed by atoms with Crippen molar-refractivity contribution in [1.29, 1.82) is 0 Å². The Morgan fingerprint density at radius 2 is 2.06 bits per heavy atom. The first kappa shape index (κ1) is 13.7. The van der Waals surface area contributed by atoms with Crippen LogP contribution in [-0.2, 0) is 4.79 Å². The Bertz CT molecular complexity index is 230. The van der Waals surface area contributed by atoms with Crippen LogP contribution < -0.4 is 0 Å². The number of ketones is 1. The molecular weight excluding hydrogens is 202 g/mol. The first-order valence-electron chi connectivity index (χ1n) is 6.47. The van der Waals surface area contributed by atoms with E-state index in [1.807, 2.05) is 25.8 Å². The summed E-state index contributed by atoms with van der Waals surface area (Å²) in [6.07, 6.45) is 4.84. The van der Waals surface area contributed by atoms with Crippen molar-refractivity contribution < 1.29 is 9.90 Å². The number of nitrogens with zero attached hydrogens (tertiary/aromatic N) is 1. The average molecular weight is 227 g/mol. The van der Waals surface area contributed by atoms with Gasteiger partial charge in [0.25, 0.3) is 0 Å². The molecule has 3 unspecified atom stereocenters. The van der Waals surface area contributed by atoms with Crippen LogP contribution in [0.4, 0.5) is 0 Å². The SMILES string of the molecule is CCC(C)C(=O)CN(C)C1CCCCC1O. The van der Waals surface area contributed by atoms with Crippen molar-refractivity contribution in [1.82, 2.24) is 4.90 Å². The number of rotatable bonds is 5. The molecule has 0 heterocycles. The Labute approximate surface area is 98.8 Å². The van der Waals surface area contributed by atoms with Gasteiger partial charge in [-0.3, -0.25) is 9.69 Å². The number of hydrogen-bond acceptors (Lipinski definition) is 3. The lowest BCUT2D eigenvalue weighted by Gasteiger charge is -2.35. The molecule has 1 rings (SSSR count). The summed E-state index contributed by atoms with van der Waals surface area (Å²) in [7, 11) is 1.96. The molecule has 3 atom stereocenters. The number of Topliss-reactive ketones (excluding diaryl/α,β-unsaturated/α-hetero) is 1. The van der Waals surface area contributed by atoms with Gasteiger partial charge in [-0.05, 0) is 26.3 Å². The Kier molecular flexibility index (Phi) is 5.42. The molecule has 1 saturated carbocycles. The standard InChI is InChI=1S/C13H25NO2/c1-4-10(2)13(16)9-14(3)11-7-5-6-8-12(11)15/h10-12,15H,4-9H2,1-3H3. The Balaban J connectivity index is 2.44. The minimum absolute atomic E-state index is 0.142. The molecule has 1 N–H and O–H groups in total. The van der Waals surface area contributed by atoms with E-state index in [1.54, 1.807) is 0 Å². The highest BCUT2D eigenvalue weighted by Crippen LogP contribution is 2.22. The molecule has 0 amide bonds. The average Bonchev–Trinajstić information content (AvgIpc) is 2.28. The topological polar surface area (TPSA) is 40.5 Å². The van der Waals surface area contributed by atoms with Crippen LogP contribution in [0, 0.1) is 5.92 Å². The molecule has 0 bridgehead atoms. The minimum Gasteiger partial charge on any atom is -0.391 e. The summed E-state index contributed by atoms with van der Waals surface area (Å²) in [6, 6.07) is 0.182. The minimum atomic E-state index is -0.247. The largest absolute Gasteiger partial charge is 0.391 e. The van der Waals surface area contributed by atoms with Crippen molar-refractivity contribution in [2.45, 2.75) is 58.1 Å². The van der Waals surface area contributed by atoms with Crippen LogP contribution in [0.2, 0.25) is 0 Å². The highest BCUT2D eigenvalue weighted by molar-refractivity contribution is 5.82. The van der Waals surface area contributed by atoms with Gasteiger partial charge in [0, 0.05) is 12.0 Å². The summed E-state index contributed by atoms with van der Waals surface area (Å²) in [6.45, 7) is 4.50. The fourth-order valence-electron chi connectivity index (χ4n) is 2.35. The van der Waals surface area contributed by atoms with Crippen LogP contribution in [0.15, 0.2) is 0 Å². The van der Waals surface area contributed by atoms with E-state index in [-0.39, 0.29) is 18.1 Å². The van der Waals surface area contributed by atoms with Gasteiger partial charge < -0.3 is 5.11 Å². The van der Waals surface area contributed by atoms with E-state index < -0.39 is 0 Å². The van der Waals surface area contributed by atoms with E-state index >= 15 is 0 Å². The van der Waals surface area contributed by atoms with Crippen LogP contribution in [0.1, 0.15) is 46.0 Å². The van der Waals surface area contributed by atoms with Gasteiger partial charge in [0.1, 0.15) is 5.78 Å². The van der Waals surface area contributed by atoms with E-state index in [1.165, 1.54) is 6.42 Å². The molecule has 3 heteroatoms. The molecule has 0 radical (unpaired) electrons. The maximum Gasteiger partial charge on any atom is 0.149 e. The maximum atomic E-state index is 11.8. The number of aliphatic hydroxyl groups excluding tert-OH is 1. The molecule has 1 aliphatic carbocycles. The zero-order valence-corrected chi connectivity index (χ0v) is 10.8. The van der Waals surface area contributed by atoms with Crippen molar-refractivity contribution in [3.63, 3.8) is 0 Å². The van der Waals surface area contributed by atoms with E-state index in [0.717, 1.165) is 25.7 Å². The van der Waals surface area contributed by atoms with Crippen molar-refractivity contribution >= 4 is 5.78 Å². The molecule has 0 aromatic rings. The van der Waals surface area contributed by atoms with E-state index in [0.29, 0.717) is 12.3 Å². The lowest BCUT2D eigenvalue weighted by molar-refractivity contribution is -0.124. The summed E-state index contributed by atoms with van der Waals surface area (Å²) in [5.41, 5.74) is 0. The predicted octanol–water partition coefficient (Wildman–Crippen LogP) is 1.84. The van der Waals surface area contributed by atoms with Crippen molar-refractivity contribution in [2.75, 3.05) is 13.6 Å². The van der Waals surface area contributed by atoms with E-state index in [4.69, 9.17) is 0 Å². The number of carbonyl (C=O) groups is 1. The first-order valence-corrected chi connectivity index (χ1v) is 6.47. The molecule has 1 aliphatic rings. The zero-order chi connectivity index (χ0) is 12.1. The zero-order valence-electron chi connectivity index (χ0n) is 10.8. The van der Waals surface area contributed by atoms with E-state index in [9.17, 15) is 9.90 Å². The van der Waals surface area contributed by atoms with Crippen molar-refractivity contribution in [3.05, 3.63) is 0 Å². The summed E-state index contributed by atoms with van der Waals surface area (Å²) < 4.78 is 0. The second-order valence-electron chi connectivity index (χ2n) is 5.11. The first-order chi connectivity index (χ1) is 7.56. The summed E-state index contributed by atoms with van der Waals surface area (Å²) in [4.78, 5) is 13.9. The smallest absolute Gasteiger partial charge is 0.149 e. The second-order valence-corrected chi connectivity index (χ2v) is 5.11. The lowest BCUT2D eigenvalue weighted by Crippen LogP contribution is -2.46. The number of hydrogen-bond donors (Lipinski definition) is 1. The molecule has 0 aromatic carbocycles. The number of carbonyl (C=O) groups excluding carboxylic acids is 1. The van der Waals surface area contributed by atoms with Gasteiger partial charge in [-0.25, -0.2) is 0 Å². The fourth-order valence-corrected chi connectivity index (χ4v) is 2.35. The van der Waals surface area contributed by atoms with E-state index in [2.05, 4.69) is 0 Å². The second kappa shape index (κ2) is 6.36. The molecule has 94 valence electrons. The molecule has 3 nitrogen and oxygen atoms in total. The van der Waals surface area contributed by atoms with Gasteiger partial charge in [-0.2, -0.15) is 0 Å². The summed E-state index contributed by atoms with van der Waals surface area (Å²) >= 11 is 0. The maximum absolute atomic E-state index is 11.8. The third kappa shape index (κ3) is 3.56. The van der Waals surface area contributed by atoms with Crippen LogP contribution >= 0.6 is 0 Å². The molecule has 0 aromatic heterocycles. The van der Waals surface area contributed by atoms with Crippen molar-refractivity contribution in [3.8, 4) is 0 Å². The molecule has 0 aliphatic heterocycles. The summed E-state index contributed by atoms with van der Waals surface area (Å²) in [5, 5.41) is 9.90. The number of aliphatic hydroxyl groups is 1. The quantitative estimate of drug-likeness (QED) is 0.779. The van der Waals surface area contributed by atoms with Gasteiger partial charge in [-0.1, -0.05) is 26.7 Å². The molecule has 16 heavy (non-hydrogen) atoms.